The van der Waals surface area contributed by atoms with E-state index in [4.69, 9.17) is 23.2 Å². The monoisotopic (exact) mass is 263 g/mol. The molecule has 0 bridgehead atoms. The van der Waals surface area contributed by atoms with E-state index in [0.717, 1.165) is 11.3 Å². The molecule has 0 aliphatic heterocycles. The van der Waals surface area contributed by atoms with Gasteiger partial charge in [0.2, 0.25) is 5.91 Å². The molecule has 0 saturated carbocycles. The number of alkyl halides is 1. The van der Waals surface area contributed by atoms with Crippen LogP contribution in [0.25, 0.3) is 0 Å². The number of amides is 1. The van der Waals surface area contributed by atoms with Crippen molar-refractivity contribution in [1.82, 2.24) is 14.7 Å². The highest BCUT2D eigenvalue weighted by Gasteiger charge is 2.17. The first-order valence-corrected chi connectivity index (χ1v) is 5.94. The minimum atomic E-state index is -0.0940. The number of carbonyl (C=O) groups is 1. The molecule has 0 aliphatic carbocycles. The molecule has 16 heavy (non-hydrogen) atoms. The Labute approximate surface area is 105 Å². The summed E-state index contributed by atoms with van der Waals surface area (Å²) in [6.07, 6.45) is 0. The minimum absolute atomic E-state index is 0.00916. The van der Waals surface area contributed by atoms with Crippen LogP contribution in [0.3, 0.4) is 0 Å². The summed E-state index contributed by atoms with van der Waals surface area (Å²) in [7, 11) is 1.78. The van der Waals surface area contributed by atoms with Crippen molar-refractivity contribution in [3.63, 3.8) is 0 Å². The average Bonchev–Trinajstić information content (AvgIpc) is 2.50. The van der Waals surface area contributed by atoms with Gasteiger partial charge < -0.3 is 4.90 Å². The van der Waals surface area contributed by atoms with E-state index in [1.807, 2.05) is 13.8 Å². The first kappa shape index (κ1) is 13.3. The summed E-state index contributed by atoms with van der Waals surface area (Å²) >= 11 is 11.6. The molecule has 0 aromatic carbocycles. The number of rotatable bonds is 4. The quantitative estimate of drug-likeness (QED) is 0.780. The standard InChI is InChI=1S/C10H15Cl2N3O/c1-4-15(9(16)5-11)6-8-7(2)13-14(3)10(8)12/h4-6H2,1-3H3. The molecule has 1 rings (SSSR count). The maximum Gasteiger partial charge on any atom is 0.237 e. The van der Waals surface area contributed by atoms with Crippen molar-refractivity contribution in [2.24, 2.45) is 7.05 Å². The molecule has 0 N–H and O–H groups in total. The fraction of sp³-hybridized carbons (Fsp3) is 0.600. The third-order valence-electron chi connectivity index (χ3n) is 2.47. The van der Waals surface area contributed by atoms with Crippen LogP contribution < -0.4 is 0 Å². The van der Waals surface area contributed by atoms with Crippen molar-refractivity contribution in [2.75, 3.05) is 12.4 Å². The molecule has 1 amide bonds. The fourth-order valence-corrected chi connectivity index (χ4v) is 1.91. The second-order valence-electron chi connectivity index (χ2n) is 3.52. The van der Waals surface area contributed by atoms with E-state index in [1.165, 1.54) is 0 Å². The van der Waals surface area contributed by atoms with Gasteiger partial charge in [0.15, 0.2) is 0 Å². The number of hydrogen-bond donors (Lipinski definition) is 0. The van der Waals surface area contributed by atoms with Gasteiger partial charge in [0.1, 0.15) is 11.0 Å². The number of hydrogen-bond acceptors (Lipinski definition) is 2. The molecule has 0 saturated heterocycles. The fourth-order valence-electron chi connectivity index (χ4n) is 1.51. The molecule has 0 spiro atoms. The molecule has 1 aromatic heterocycles. The van der Waals surface area contributed by atoms with E-state index >= 15 is 0 Å². The predicted octanol–water partition coefficient (Wildman–Crippen LogP) is 1.97. The van der Waals surface area contributed by atoms with Gasteiger partial charge in [0.25, 0.3) is 0 Å². The van der Waals surface area contributed by atoms with Gasteiger partial charge in [0.05, 0.1) is 12.2 Å². The normalized spacial score (nSPS) is 10.6. The van der Waals surface area contributed by atoms with Crippen molar-refractivity contribution in [2.45, 2.75) is 20.4 Å². The molecule has 0 atom stereocenters. The molecule has 1 heterocycles. The number of aromatic nitrogens is 2. The zero-order valence-electron chi connectivity index (χ0n) is 9.63. The van der Waals surface area contributed by atoms with Crippen molar-refractivity contribution in [3.8, 4) is 0 Å². The van der Waals surface area contributed by atoms with Crippen LogP contribution in [0.2, 0.25) is 5.15 Å². The van der Waals surface area contributed by atoms with Crippen molar-refractivity contribution in [3.05, 3.63) is 16.4 Å². The Balaban J connectivity index is 2.90. The van der Waals surface area contributed by atoms with E-state index in [2.05, 4.69) is 5.10 Å². The maximum atomic E-state index is 11.5. The number of nitrogens with zero attached hydrogens (tertiary/aromatic N) is 3. The summed E-state index contributed by atoms with van der Waals surface area (Å²) in [6, 6.07) is 0. The lowest BCUT2D eigenvalue weighted by Crippen LogP contribution is -2.31. The van der Waals surface area contributed by atoms with Gasteiger partial charge in [-0.3, -0.25) is 9.48 Å². The van der Waals surface area contributed by atoms with E-state index in [1.54, 1.807) is 16.6 Å². The Morgan fingerprint density at radius 3 is 2.56 bits per heavy atom. The topological polar surface area (TPSA) is 38.1 Å². The Hall–Kier alpha value is -0.740. The van der Waals surface area contributed by atoms with Crippen LogP contribution >= 0.6 is 23.2 Å². The second-order valence-corrected chi connectivity index (χ2v) is 4.15. The van der Waals surface area contributed by atoms with Crippen LogP contribution in [0.1, 0.15) is 18.2 Å². The lowest BCUT2D eigenvalue weighted by atomic mass is 10.2. The molecule has 0 aliphatic rings. The first-order valence-electron chi connectivity index (χ1n) is 5.03. The first-order chi connectivity index (χ1) is 7.51. The van der Waals surface area contributed by atoms with Crippen LogP contribution in [0.15, 0.2) is 0 Å². The van der Waals surface area contributed by atoms with Crippen LogP contribution in [-0.2, 0) is 18.4 Å². The Kier molecular flexibility index (Phi) is 4.62. The summed E-state index contributed by atoms with van der Waals surface area (Å²) < 4.78 is 1.60. The lowest BCUT2D eigenvalue weighted by molar-refractivity contribution is -0.128. The summed E-state index contributed by atoms with van der Waals surface area (Å²) in [5, 5.41) is 4.76. The van der Waals surface area contributed by atoms with Crippen molar-refractivity contribution >= 4 is 29.1 Å². The van der Waals surface area contributed by atoms with Gasteiger partial charge in [-0.25, -0.2) is 0 Å². The third-order valence-corrected chi connectivity index (χ3v) is 3.17. The molecule has 6 heteroatoms. The van der Waals surface area contributed by atoms with Crippen LogP contribution in [0, 0.1) is 6.92 Å². The van der Waals surface area contributed by atoms with E-state index in [0.29, 0.717) is 18.2 Å². The molecular formula is C10H15Cl2N3O. The van der Waals surface area contributed by atoms with E-state index in [-0.39, 0.29) is 11.8 Å². The number of carbonyl (C=O) groups excluding carboxylic acids is 1. The summed E-state index contributed by atoms with van der Waals surface area (Å²) in [6.45, 7) is 4.85. The van der Waals surface area contributed by atoms with Gasteiger partial charge in [-0.2, -0.15) is 5.10 Å². The third kappa shape index (κ3) is 2.68. The van der Waals surface area contributed by atoms with E-state index in [9.17, 15) is 4.79 Å². The van der Waals surface area contributed by atoms with Crippen LogP contribution in [0.5, 0.6) is 0 Å². The van der Waals surface area contributed by atoms with Crippen LogP contribution in [0.4, 0.5) is 0 Å². The summed E-state index contributed by atoms with van der Waals surface area (Å²) in [5.74, 6) is -0.103. The molecule has 1 aromatic rings. The highest BCUT2D eigenvalue weighted by Crippen LogP contribution is 2.20. The Bertz CT molecular complexity index is 390. The molecule has 0 radical (unpaired) electrons. The average molecular weight is 264 g/mol. The highest BCUT2D eigenvalue weighted by molar-refractivity contribution is 6.30. The molecule has 0 unspecified atom stereocenters. The van der Waals surface area contributed by atoms with Crippen molar-refractivity contribution in [1.29, 1.82) is 0 Å². The lowest BCUT2D eigenvalue weighted by Gasteiger charge is -2.19. The predicted molar refractivity (Wildman–Crippen MR) is 64.8 cm³/mol. The molecule has 0 fully saturated rings. The minimum Gasteiger partial charge on any atom is -0.337 e. The van der Waals surface area contributed by atoms with Crippen molar-refractivity contribution < 1.29 is 4.79 Å². The largest absolute Gasteiger partial charge is 0.337 e. The SMILES string of the molecule is CCN(Cc1c(C)nn(C)c1Cl)C(=O)CCl. The van der Waals surface area contributed by atoms with Gasteiger partial charge in [-0.1, -0.05) is 11.6 Å². The second kappa shape index (κ2) is 5.55. The number of aryl methyl sites for hydroxylation is 2. The zero-order chi connectivity index (χ0) is 12.3. The Morgan fingerprint density at radius 2 is 2.19 bits per heavy atom. The van der Waals surface area contributed by atoms with Gasteiger partial charge in [-0.05, 0) is 13.8 Å². The zero-order valence-corrected chi connectivity index (χ0v) is 11.1. The van der Waals surface area contributed by atoms with Gasteiger partial charge in [0, 0.05) is 19.2 Å². The Morgan fingerprint density at radius 1 is 1.56 bits per heavy atom. The summed E-state index contributed by atoms with van der Waals surface area (Å²) in [4.78, 5) is 13.2. The maximum absolute atomic E-state index is 11.5. The van der Waals surface area contributed by atoms with Gasteiger partial charge >= 0.3 is 0 Å². The highest BCUT2D eigenvalue weighted by atomic mass is 35.5. The molecular weight excluding hydrogens is 249 g/mol. The van der Waals surface area contributed by atoms with Gasteiger partial charge in [-0.15, -0.1) is 11.6 Å². The van der Waals surface area contributed by atoms with E-state index < -0.39 is 0 Å². The van der Waals surface area contributed by atoms with Crippen LogP contribution in [-0.4, -0.2) is 33.0 Å². The smallest absolute Gasteiger partial charge is 0.237 e. The molecule has 90 valence electrons. The molecule has 4 nitrogen and oxygen atoms in total. The summed E-state index contributed by atoms with van der Waals surface area (Å²) in [5.41, 5.74) is 1.72. The number of halogens is 2.